The number of rotatable bonds is 0. The van der Waals surface area contributed by atoms with Gasteiger partial charge in [0.25, 0.3) is 0 Å². The normalized spacial score (nSPS) is 11.9. The summed E-state index contributed by atoms with van der Waals surface area (Å²) in [5.74, 6) is 0. The second-order valence-corrected chi connectivity index (χ2v) is 7.95. The number of halogens is 2. The van der Waals surface area contributed by atoms with E-state index in [9.17, 15) is 0 Å². The molecular weight excluding hydrogens is 388 g/mol. The summed E-state index contributed by atoms with van der Waals surface area (Å²) < 4.78 is 3.69. The lowest BCUT2D eigenvalue weighted by Crippen LogP contribution is -1.77. The molecule has 0 atom stereocenters. The fourth-order valence-electron chi connectivity index (χ4n) is 3.34. The highest BCUT2D eigenvalue weighted by molar-refractivity contribution is 9.10. The standard InChI is InChI=1S/C20H10BrClS/c21-16-10-15-18-17(22)9-11-5-1-2-6-12(11)20(18)23-19(15)14-8-4-3-7-13(14)16/h1-10H. The number of benzene rings is 4. The Morgan fingerprint density at radius 2 is 1.43 bits per heavy atom. The van der Waals surface area contributed by atoms with E-state index in [0.29, 0.717) is 0 Å². The highest BCUT2D eigenvalue weighted by Crippen LogP contribution is 2.46. The molecule has 5 rings (SSSR count). The molecule has 0 saturated carbocycles. The van der Waals surface area contributed by atoms with Gasteiger partial charge in [-0.1, -0.05) is 76.1 Å². The van der Waals surface area contributed by atoms with E-state index in [1.165, 1.54) is 36.3 Å². The lowest BCUT2D eigenvalue weighted by Gasteiger charge is -2.04. The van der Waals surface area contributed by atoms with E-state index in [1.54, 1.807) is 0 Å². The number of thiophene rings is 1. The first-order valence-corrected chi connectivity index (χ1v) is 9.33. The Kier molecular flexibility index (Phi) is 2.96. The van der Waals surface area contributed by atoms with E-state index >= 15 is 0 Å². The Bertz CT molecular complexity index is 1240. The second kappa shape index (κ2) is 4.94. The van der Waals surface area contributed by atoms with E-state index in [4.69, 9.17) is 11.6 Å². The third kappa shape index (κ3) is 1.89. The maximum absolute atomic E-state index is 6.65. The summed E-state index contributed by atoms with van der Waals surface area (Å²) in [7, 11) is 0. The smallest absolute Gasteiger partial charge is 0.0505 e. The van der Waals surface area contributed by atoms with E-state index < -0.39 is 0 Å². The summed E-state index contributed by atoms with van der Waals surface area (Å²) in [6, 6.07) is 21.3. The Morgan fingerprint density at radius 1 is 0.739 bits per heavy atom. The van der Waals surface area contributed by atoms with Crippen LogP contribution in [0.4, 0.5) is 0 Å². The highest BCUT2D eigenvalue weighted by Gasteiger charge is 2.15. The van der Waals surface area contributed by atoms with Crippen molar-refractivity contribution in [2.45, 2.75) is 0 Å². The molecular formula is C20H10BrClS. The number of hydrogen-bond donors (Lipinski definition) is 0. The fraction of sp³-hybridized carbons (Fsp3) is 0. The molecule has 0 aliphatic rings. The van der Waals surface area contributed by atoms with Gasteiger partial charge in [0.15, 0.2) is 0 Å². The fourth-order valence-corrected chi connectivity index (χ4v) is 5.67. The zero-order chi connectivity index (χ0) is 15.6. The molecule has 0 spiro atoms. The van der Waals surface area contributed by atoms with Crippen LogP contribution in [0, 0.1) is 0 Å². The van der Waals surface area contributed by atoms with Crippen LogP contribution < -0.4 is 0 Å². The van der Waals surface area contributed by atoms with Gasteiger partial charge in [-0.25, -0.2) is 0 Å². The summed E-state index contributed by atoms with van der Waals surface area (Å²) in [6.45, 7) is 0. The molecule has 1 heterocycles. The molecule has 0 nitrogen and oxygen atoms in total. The molecule has 0 radical (unpaired) electrons. The molecule has 0 saturated heterocycles. The molecule has 1 aromatic heterocycles. The van der Waals surface area contributed by atoms with Crippen LogP contribution in [0.5, 0.6) is 0 Å². The molecule has 3 heteroatoms. The van der Waals surface area contributed by atoms with Crippen LogP contribution in [-0.2, 0) is 0 Å². The topological polar surface area (TPSA) is 0 Å². The van der Waals surface area contributed by atoms with Crippen molar-refractivity contribution in [1.29, 1.82) is 0 Å². The molecule has 4 aromatic carbocycles. The highest BCUT2D eigenvalue weighted by atomic mass is 79.9. The lowest BCUT2D eigenvalue weighted by molar-refractivity contribution is 1.78. The van der Waals surface area contributed by atoms with Gasteiger partial charge >= 0.3 is 0 Å². The Labute approximate surface area is 150 Å². The Morgan fingerprint density at radius 3 is 2.26 bits per heavy atom. The van der Waals surface area contributed by atoms with Gasteiger partial charge in [-0.2, -0.15) is 0 Å². The van der Waals surface area contributed by atoms with Crippen LogP contribution in [0.3, 0.4) is 0 Å². The zero-order valence-electron chi connectivity index (χ0n) is 11.9. The van der Waals surface area contributed by atoms with E-state index in [0.717, 1.165) is 14.9 Å². The van der Waals surface area contributed by atoms with Gasteiger partial charge in [0.05, 0.1) is 5.02 Å². The average Bonchev–Trinajstić information content (AvgIpc) is 2.96. The van der Waals surface area contributed by atoms with Crippen molar-refractivity contribution < 1.29 is 0 Å². The Hall–Kier alpha value is -1.61. The maximum Gasteiger partial charge on any atom is 0.0505 e. The van der Waals surface area contributed by atoms with Gasteiger partial charge in [-0.05, 0) is 28.3 Å². The van der Waals surface area contributed by atoms with Crippen molar-refractivity contribution in [3.05, 3.63) is 70.2 Å². The first-order valence-electron chi connectivity index (χ1n) is 7.35. The zero-order valence-corrected chi connectivity index (χ0v) is 15.1. The van der Waals surface area contributed by atoms with Crippen LogP contribution in [0.15, 0.2) is 65.1 Å². The number of fused-ring (bicyclic) bond motifs is 7. The van der Waals surface area contributed by atoms with Crippen molar-refractivity contribution in [2.24, 2.45) is 0 Å². The second-order valence-electron chi connectivity index (χ2n) is 5.67. The first-order chi connectivity index (χ1) is 11.2. The minimum absolute atomic E-state index is 0.826. The third-order valence-electron chi connectivity index (χ3n) is 4.37. The summed E-state index contributed by atoms with van der Waals surface area (Å²) >= 11 is 12.2. The predicted molar refractivity (Wildman–Crippen MR) is 107 cm³/mol. The summed E-state index contributed by atoms with van der Waals surface area (Å²) in [5.41, 5.74) is 0. The van der Waals surface area contributed by atoms with Crippen molar-refractivity contribution in [3.8, 4) is 0 Å². The van der Waals surface area contributed by atoms with Gasteiger partial charge < -0.3 is 0 Å². The van der Waals surface area contributed by atoms with Crippen LogP contribution >= 0.6 is 38.9 Å². The summed E-state index contributed by atoms with van der Waals surface area (Å²) in [5, 5.41) is 8.20. The number of hydrogen-bond acceptors (Lipinski definition) is 1. The van der Waals surface area contributed by atoms with Crippen molar-refractivity contribution in [3.63, 3.8) is 0 Å². The molecule has 0 N–H and O–H groups in total. The molecule has 0 bridgehead atoms. The van der Waals surface area contributed by atoms with Crippen molar-refractivity contribution in [2.75, 3.05) is 0 Å². The minimum Gasteiger partial charge on any atom is -0.134 e. The van der Waals surface area contributed by atoms with Crippen molar-refractivity contribution >= 4 is 80.6 Å². The molecule has 23 heavy (non-hydrogen) atoms. The lowest BCUT2D eigenvalue weighted by atomic mass is 10.0. The molecule has 0 amide bonds. The Balaban J connectivity index is 2.13. The predicted octanol–water partition coefficient (Wildman–Crippen LogP) is 7.78. The maximum atomic E-state index is 6.65. The van der Waals surface area contributed by atoms with Gasteiger partial charge in [0.2, 0.25) is 0 Å². The van der Waals surface area contributed by atoms with Gasteiger partial charge in [-0.15, -0.1) is 11.3 Å². The monoisotopic (exact) mass is 396 g/mol. The van der Waals surface area contributed by atoms with E-state index in [1.807, 2.05) is 11.3 Å². The third-order valence-corrected chi connectivity index (χ3v) is 6.60. The van der Waals surface area contributed by atoms with E-state index in [2.05, 4.69) is 76.6 Å². The summed E-state index contributed by atoms with van der Waals surface area (Å²) in [6.07, 6.45) is 0. The molecule has 0 aliphatic carbocycles. The van der Waals surface area contributed by atoms with Crippen LogP contribution in [0.1, 0.15) is 0 Å². The quantitative estimate of drug-likeness (QED) is 0.250. The van der Waals surface area contributed by atoms with Crippen LogP contribution in [0.25, 0.3) is 41.7 Å². The van der Waals surface area contributed by atoms with Gasteiger partial charge in [-0.3, -0.25) is 0 Å². The van der Waals surface area contributed by atoms with Crippen LogP contribution in [-0.4, -0.2) is 0 Å². The molecule has 0 unspecified atom stereocenters. The first kappa shape index (κ1) is 13.8. The van der Waals surface area contributed by atoms with Gasteiger partial charge in [0.1, 0.15) is 0 Å². The summed E-state index contributed by atoms with van der Waals surface area (Å²) in [4.78, 5) is 0. The van der Waals surface area contributed by atoms with Crippen molar-refractivity contribution in [1.82, 2.24) is 0 Å². The minimum atomic E-state index is 0.826. The SMILES string of the molecule is Clc1cc2ccccc2c2sc3c4ccccc4c(Br)cc3c12. The molecule has 0 aliphatic heterocycles. The molecule has 110 valence electrons. The van der Waals surface area contributed by atoms with E-state index in [-0.39, 0.29) is 0 Å². The largest absolute Gasteiger partial charge is 0.134 e. The van der Waals surface area contributed by atoms with Crippen LogP contribution in [0.2, 0.25) is 5.02 Å². The molecule has 0 fully saturated rings. The van der Waals surface area contributed by atoms with Gasteiger partial charge in [0, 0.05) is 30.0 Å². The molecule has 5 aromatic rings. The average molecular weight is 398 g/mol.